The van der Waals surface area contributed by atoms with E-state index in [0.717, 1.165) is 9.13 Å². The molecule has 0 aliphatic carbocycles. The number of amides is 1. The Morgan fingerprint density at radius 2 is 1.79 bits per heavy atom. The van der Waals surface area contributed by atoms with Crippen molar-refractivity contribution in [3.8, 4) is 0 Å². The van der Waals surface area contributed by atoms with Crippen LogP contribution in [0.15, 0.2) is 9.59 Å². The number of nitrogen functional groups attached to an aromatic ring is 1. The molecule has 9 heteroatoms. The third-order valence-electron chi connectivity index (χ3n) is 2.54. The molecule has 0 saturated carbocycles. The van der Waals surface area contributed by atoms with Crippen molar-refractivity contribution in [3.63, 3.8) is 0 Å². The predicted molar refractivity (Wildman–Crippen MR) is 66.8 cm³/mol. The maximum absolute atomic E-state index is 11.8. The molecule has 104 valence electrons. The Kier molecular flexibility index (Phi) is 4.10. The van der Waals surface area contributed by atoms with Crippen LogP contribution in [-0.4, -0.2) is 26.1 Å². The molecule has 0 radical (unpaired) electrons. The number of anilines is 2. The van der Waals surface area contributed by atoms with Crippen molar-refractivity contribution < 1.29 is 14.7 Å². The van der Waals surface area contributed by atoms with Crippen LogP contribution in [0.25, 0.3) is 0 Å². The first-order valence-corrected chi connectivity index (χ1v) is 5.32. The van der Waals surface area contributed by atoms with E-state index in [1.807, 2.05) is 0 Å². The second-order valence-corrected chi connectivity index (χ2v) is 3.91. The van der Waals surface area contributed by atoms with Crippen LogP contribution in [0.1, 0.15) is 12.8 Å². The average molecular weight is 270 g/mol. The van der Waals surface area contributed by atoms with E-state index < -0.39 is 23.1 Å². The van der Waals surface area contributed by atoms with Crippen LogP contribution in [0.4, 0.5) is 11.5 Å². The number of aliphatic carboxylic acids is 1. The van der Waals surface area contributed by atoms with E-state index in [0.29, 0.717) is 0 Å². The number of nitrogens with one attached hydrogen (secondary N) is 1. The third-order valence-corrected chi connectivity index (χ3v) is 2.54. The smallest absolute Gasteiger partial charge is 0.332 e. The van der Waals surface area contributed by atoms with E-state index in [1.165, 1.54) is 14.1 Å². The number of carboxylic acids is 1. The zero-order valence-corrected chi connectivity index (χ0v) is 10.5. The maximum atomic E-state index is 11.8. The molecule has 1 amide bonds. The lowest BCUT2D eigenvalue weighted by Gasteiger charge is -2.12. The lowest BCUT2D eigenvalue weighted by Crippen LogP contribution is -2.40. The minimum absolute atomic E-state index is 0.184. The molecule has 0 spiro atoms. The highest BCUT2D eigenvalue weighted by atomic mass is 16.4. The number of hydrogen-bond acceptors (Lipinski definition) is 5. The fourth-order valence-electron chi connectivity index (χ4n) is 1.40. The first-order chi connectivity index (χ1) is 8.75. The van der Waals surface area contributed by atoms with E-state index in [-0.39, 0.29) is 24.3 Å². The van der Waals surface area contributed by atoms with Gasteiger partial charge in [0.1, 0.15) is 11.5 Å². The van der Waals surface area contributed by atoms with Gasteiger partial charge in [0.15, 0.2) is 0 Å². The molecule has 1 rings (SSSR count). The van der Waals surface area contributed by atoms with Gasteiger partial charge in [-0.2, -0.15) is 0 Å². The molecular weight excluding hydrogens is 256 g/mol. The maximum Gasteiger partial charge on any atom is 0.332 e. The Morgan fingerprint density at radius 1 is 1.21 bits per heavy atom. The van der Waals surface area contributed by atoms with Gasteiger partial charge < -0.3 is 16.2 Å². The molecule has 4 N–H and O–H groups in total. The zero-order chi connectivity index (χ0) is 14.7. The molecular formula is C10H14N4O5. The Bertz CT molecular complexity index is 643. The lowest BCUT2D eigenvalue weighted by atomic mass is 10.3. The first-order valence-electron chi connectivity index (χ1n) is 5.32. The van der Waals surface area contributed by atoms with Crippen LogP contribution < -0.4 is 22.3 Å². The summed E-state index contributed by atoms with van der Waals surface area (Å²) in [4.78, 5) is 45.1. The van der Waals surface area contributed by atoms with Gasteiger partial charge >= 0.3 is 11.7 Å². The molecule has 1 aromatic rings. The standard InChI is InChI=1S/C10H14N4O5/c1-13-8(11)7(9(18)14(2)10(13)19)12-5(15)3-4-6(16)17/h3-4,11H2,1-2H3,(H,12,15)(H,16,17). The molecule has 1 heterocycles. The van der Waals surface area contributed by atoms with Crippen molar-refractivity contribution in [1.29, 1.82) is 0 Å². The Hall–Kier alpha value is -2.58. The summed E-state index contributed by atoms with van der Waals surface area (Å²) in [6.45, 7) is 0. The third kappa shape index (κ3) is 3.00. The van der Waals surface area contributed by atoms with E-state index in [4.69, 9.17) is 10.8 Å². The number of rotatable bonds is 4. The van der Waals surface area contributed by atoms with E-state index in [2.05, 4.69) is 5.32 Å². The van der Waals surface area contributed by atoms with Crippen molar-refractivity contribution in [2.24, 2.45) is 14.1 Å². The van der Waals surface area contributed by atoms with Gasteiger partial charge in [-0.05, 0) is 0 Å². The van der Waals surface area contributed by atoms with Crippen molar-refractivity contribution in [3.05, 3.63) is 20.8 Å². The summed E-state index contributed by atoms with van der Waals surface area (Å²) >= 11 is 0. The van der Waals surface area contributed by atoms with Crippen LogP contribution in [0.5, 0.6) is 0 Å². The quantitative estimate of drug-likeness (QED) is 0.607. The molecule has 0 aliphatic heterocycles. The van der Waals surface area contributed by atoms with Crippen molar-refractivity contribution in [2.75, 3.05) is 11.1 Å². The number of aromatic nitrogens is 2. The summed E-state index contributed by atoms with van der Waals surface area (Å²) in [6.07, 6.45) is -0.654. The van der Waals surface area contributed by atoms with Crippen molar-refractivity contribution in [1.82, 2.24) is 9.13 Å². The second-order valence-electron chi connectivity index (χ2n) is 3.91. The van der Waals surface area contributed by atoms with E-state index in [1.54, 1.807) is 0 Å². The minimum Gasteiger partial charge on any atom is -0.481 e. The molecule has 0 saturated heterocycles. The van der Waals surface area contributed by atoms with Crippen LogP contribution in [0.2, 0.25) is 0 Å². The van der Waals surface area contributed by atoms with Crippen LogP contribution in [-0.2, 0) is 23.7 Å². The van der Waals surface area contributed by atoms with Gasteiger partial charge in [-0.25, -0.2) is 4.79 Å². The highest BCUT2D eigenvalue weighted by Crippen LogP contribution is 2.09. The molecule has 0 aromatic carbocycles. The fraction of sp³-hybridized carbons (Fsp3) is 0.400. The average Bonchev–Trinajstić information content (AvgIpc) is 2.36. The topological polar surface area (TPSA) is 136 Å². The van der Waals surface area contributed by atoms with Gasteiger partial charge in [0.25, 0.3) is 5.56 Å². The summed E-state index contributed by atoms with van der Waals surface area (Å²) in [6, 6.07) is 0. The molecule has 19 heavy (non-hydrogen) atoms. The van der Waals surface area contributed by atoms with Crippen molar-refractivity contribution >= 4 is 23.4 Å². The lowest BCUT2D eigenvalue weighted by molar-refractivity contribution is -0.138. The number of carbonyl (C=O) groups excluding carboxylic acids is 1. The highest BCUT2D eigenvalue weighted by Gasteiger charge is 2.15. The van der Waals surface area contributed by atoms with Gasteiger partial charge in [-0.1, -0.05) is 0 Å². The normalized spacial score (nSPS) is 10.2. The number of carboxylic acid groups (broad SMARTS) is 1. The fourth-order valence-corrected chi connectivity index (χ4v) is 1.40. The number of hydrogen-bond donors (Lipinski definition) is 3. The molecule has 0 unspecified atom stereocenters. The van der Waals surface area contributed by atoms with Gasteiger partial charge in [-0.3, -0.25) is 23.5 Å². The van der Waals surface area contributed by atoms with E-state index >= 15 is 0 Å². The summed E-state index contributed by atoms with van der Waals surface area (Å²) in [5, 5.41) is 10.7. The van der Waals surface area contributed by atoms with Gasteiger partial charge in [0.05, 0.1) is 6.42 Å². The van der Waals surface area contributed by atoms with E-state index in [9.17, 15) is 19.2 Å². The molecule has 0 atom stereocenters. The Morgan fingerprint density at radius 3 is 2.32 bits per heavy atom. The first kappa shape index (κ1) is 14.5. The Balaban J connectivity index is 3.09. The highest BCUT2D eigenvalue weighted by molar-refractivity contribution is 5.94. The summed E-state index contributed by atoms with van der Waals surface area (Å²) in [7, 11) is 2.60. The molecule has 9 nitrogen and oxygen atoms in total. The Labute approximate surface area is 107 Å². The number of nitrogens with zero attached hydrogens (tertiary/aromatic N) is 2. The van der Waals surface area contributed by atoms with Gasteiger partial charge in [-0.15, -0.1) is 0 Å². The molecule has 1 aromatic heterocycles. The largest absolute Gasteiger partial charge is 0.481 e. The molecule has 0 aliphatic rings. The number of nitrogens with two attached hydrogens (primary N) is 1. The summed E-state index contributed by atoms with van der Waals surface area (Å²) in [5.41, 5.74) is 3.97. The van der Waals surface area contributed by atoms with Crippen molar-refractivity contribution in [2.45, 2.75) is 12.8 Å². The van der Waals surface area contributed by atoms with Gasteiger partial charge in [0.2, 0.25) is 5.91 Å². The second kappa shape index (κ2) is 5.38. The monoisotopic (exact) mass is 270 g/mol. The van der Waals surface area contributed by atoms with Crippen LogP contribution in [0, 0.1) is 0 Å². The SMILES string of the molecule is Cn1c(N)c(NC(=O)CCC(=O)O)c(=O)n(C)c1=O. The number of carbonyl (C=O) groups is 2. The molecule has 0 bridgehead atoms. The van der Waals surface area contributed by atoms with Crippen LogP contribution in [0.3, 0.4) is 0 Å². The van der Waals surface area contributed by atoms with Crippen LogP contribution >= 0.6 is 0 Å². The minimum atomic E-state index is -1.13. The zero-order valence-electron chi connectivity index (χ0n) is 10.5. The summed E-state index contributed by atoms with van der Waals surface area (Å²) < 4.78 is 1.80. The molecule has 0 fully saturated rings. The summed E-state index contributed by atoms with van der Waals surface area (Å²) in [5.74, 6) is -1.97. The van der Waals surface area contributed by atoms with Gasteiger partial charge in [0, 0.05) is 20.5 Å². The predicted octanol–water partition coefficient (Wildman–Crippen LogP) is -1.53.